The molecule has 4 bridgehead atoms. The van der Waals surface area contributed by atoms with Crippen LogP contribution in [-0.4, -0.2) is 57.3 Å². The van der Waals surface area contributed by atoms with Crippen LogP contribution in [0.25, 0.3) is 10.9 Å². The Balaban J connectivity index is 1.45. The summed E-state index contributed by atoms with van der Waals surface area (Å²) < 4.78 is 32.4. The zero-order valence-electron chi connectivity index (χ0n) is 32.2. The molecule has 2 saturated heterocycles. The minimum atomic E-state index is -1.66. The Hall–Kier alpha value is -4.22. The molecule has 12 heteroatoms. The van der Waals surface area contributed by atoms with Crippen LogP contribution in [0.5, 0.6) is 5.75 Å². The second-order valence-electron chi connectivity index (χ2n) is 18.6. The van der Waals surface area contributed by atoms with Crippen LogP contribution in [0, 0.1) is 34.0 Å². The van der Waals surface area contributed by atoms with Gasteiger partial charge >= 0.3 is 23.9 Å². The van der Waals surface area contributed by atoms with Crippen molar-refractivity contribution in [3.8, 4) is 5.75 Å². The number of benzene rings is 1. The van der Waals surface area contributed by atoms with Crippen LogP contribution in [0.2, 0.25) is 0 Å². The molecule has 2 saturated carbocycles. The Labute approximate surface area is 302 Å². The highest BCUT2D eigenvalue weighted by molar-refractivity contribution is 5.99. The van der Waals surface area contributed by atoms with Crippen LogP contribution >= 0.6 is 0 Å². The van der Waals surface area contributed by atoms with Gasteiger partial charge < -0.3 is 23.7 Å². The van der Waals surface area contributed by atoms with Crippen molar-refractivity contribution in [2.75, 3.05) is 0 Å². The van der Waals surface area contributed by atoms with Gasteiger partial charge in [0.2, 0.25) is 17.1 Å². The van der Waals surface area contributed by atoms with E-state index in [1.165, 1.54) is 6.07 Å². The van der Waals surface area contributed by atoms with Gasteiger partial charge in [0.15, 0.2) is 12.2 Å². The first kappa shape index (κ1) is 36.2. The highest BCUT2D eigenvalue weighted by Crippen LogP contribution is 2.67. The SMILES string of the molecule is Cc1cc(=O)n(C(=O)C(C)(C)C)c2c3c(ccc12)OC(C)(C)[C@H](OC(=O)C12CCC(C)(C(=O)O1)C2(C)C)[C@@H]3OC(=O)C12CCC(C)(C(=O)O1)C2(C)C. The van der Waals surface area contributed by atoms with Crippen molar-refractivity contribution in [1.82, 2.24) is 4.57 Å². The van der Waals surface area contributed by atoms with Crippen LogP contribution in [-0.2, 0) is 38.1 Å². The van der Waals surface area contributed by atoms with Crippen LogP contribution in [0.4, 0.5) is 0 Å². The summed E-state index contributed by atoms with van der Waals surface area (Å²) in [6.07, 6.45) is -1.63. The molecule has 2 aromatic rings. The molecule has 0 radical (unpaired) electrons. The van der Waals surface area contributed by atoms with Gasteiger partial charge in [-0.15, -0.1) is 0 Å². The average molecular weight is 720 g/mol. The first-order valence-electron chi connectivity index (χ1n) is 18.1. The van der Waals surface area contributed by atoms with E-state index in [4.69, 9.17) is 23.7 Å². The number of aryl methyl sites for hydroxylation is 1. The monoisotopic (exact) mass is 719 g/mol. The van der Waals surface area contributed by atoms with Crippen molar-refractivity contribution in [1.29, 1.82) is 0 Å². The molecule has 4 fully saturated rings. The third-order valence-corrected chi connectivity index (χ3v) is 14.1. The van der Waals surface area contributed by atoms with Gasteiger partial charge in [0.1, 0.15) is 11.4 Å². The van der Waals surface area contributed by atoms with E-state index in [2.05, 4.69) is 0 Å². The van der Waals surface area contributed by atoms with E-state index in [1.54, 1.807) is 95.2 Å². The second kappa shape index (κ2) is 10.3. The maximum Gasteiger partial charge on any atom is 0.351 e. The summed E-state index contributed by atoms with van der Waals surface area (Å²) in [5.74, 6) is -2.97. The van der Waals surface area contributed by atoms with Gasteiger partial charge in [-0.1, -0.05) is 48.5 Å². The molecule has 280 valence electrons. The van der Waals surface area contributed by atoms with Crippen LogP contribution in [0.3, 0.4) is 0 Å². The molecular formula is C40H49NO11. The highest BCUT2D eigenvalue weighted by Gasteiger charge is 2.78. The van der Waals surface area contributed by atoms with E-state index >= 15 is 0 Å². The van der Waals surface area contributed by atoms with Gasteiger partial charge in [-0.05, 0) is 78.0 Å². The molecule has 5 aliphatic rings. The fraction of sp³-hybridized carbons (Fsp3) is 0.650. The number of esters is 4. The van der Waals surface area contributed by atoms with Crippen molar-refractivity contribution in [3.63, 3.8) is 0 Å². The van der Waals surface area contributed by atoms with Gasteiger partial charge in [0.25, 0.3) is 5.56 Å². The fourth-order valence-corrected chi connectivity index (χ4v) is 9.49. The van der Waals surface area contributed by atoms with E-state index < -0.39 is 91.4 Å². The zero-order chi connectivity index (χ0) is 38.6. The highest BCUT2D eigenvalue weighted by atomic mass is 16.7. The van der Waals surface area contributed by atoms with E-state index in [-0.39, 0.29) is 29.7 Å². The normalized spacial score (nSPS) is 34.7. The number of hydrogen-bond acceptors (Lipinski definition) is 11. The maximum absolute atomic E-state index is 14.8. The van der Waals surface area contributed by atoms with Crippen molar-refractivity contribution in [3.05, 3.63) is 39.7 Å². The zero-order valence-corrected chi connectivity index (χ0v) is 32.2. The Kier molecular flexibility index (Phi) is 7.13. The molecule has 7 rings (SSSR count). The summed E-state index contributed by atoms with van der Waals surface area (Å²) in [5, 5.41) is 0.514. The van der Waals surface area contributed by atoms with Crippen molar-refractivity contribution in [2.45, 2.75) is 138 Å². The predicted molar refractivity (Wildman–Crippen MR) is 186 cm³/mol. The molecule has 2 aliphatic carbocycles. The minimum absolute atomic E-state index is 0.146. The van der Waals surface area contributed by atoms with Gasteiger partial charge in [-0.25, -0.2) is 14.2 Å². The topological polar surface area (TPSA) is 153 Å². The van der Waals surface area contributed by atoms with Gasteiger partial charge in [-0.2, -0.15) is 0 Å². The third kappa shape index (κ3) is 4.09. The molecule has 3 aliphatic heterocycles. The van der Waals surface area contributed by atoms with Crippen molar-refractivity contribution < 1.29 is 47.7 Å². The smallest absolute Gasteiger partial charge is 0.351 e. The molecule has 6 atom stereocenters. The molecule has 1 aromatic heterocycles. The molecule has 52 heavy (non-hydrogen) atoms. The molecular weight excluding hydrogens is 670 g/mol. The van der Waals surface area contributed by atoms with Gasteiger partial charge in [0.05, 0.1) is 21.9 Å². The third-order valence-electron chi connectivity index (χ3n) is 14.1. The Morgan fingerprint density at radius 3 is 1.69 bits per heavy atom. The van der Waals surface area contributed by atoms with Crippen LogP contribution in [0.1, 0.15) is 124 Å². The average Bonchev–Trinajstić information content (AvgIpc) is 3.49. The summed E-state index contributed by atoms with van der Waals surface area (Å²) in [4.78, 5) is 83.7. The number of ether oxygens (including phenoxy) is 5. The minimum Gasteiger partial charge on any atom is -0.483 e. The van der Waals surface area contributed by atoms with E-state index in [0.717, 1.165) is 4.57 Å². The van der Waals surface area contributed by atoms with E-state index in [9.17, 15) is 28.8 Å². The summed E-state index contributed by atoms with van der Waals surface area (Å²) in [6.45, 7) is 20.9. The van der Waals surface area contributed by atoms with Crippen molar-refractivity contribution in [2.24, 2.45) is 27.1 Å². The molecule has 1 aromatic carbocycles. The number of rotatable bonds is 4. The van der Waals surface area contributed by atoms with Crippen LogP contribution < -0.4 is 10.3 Å². The van der Waals surface area contributed by atoms with Crippen LogP contribution in [0.15, 0.2) is 23.0 Å². The quantitative estimate of drug-likeness (QED) is 0.274. The van der Waals surface area contributed by atoms with Gasteiger partial charge in [0, 0.05) is 27.7 Å². The summed E-state index contributed by atoms with van der Waals surface area (Å²) >= 11 is 0. The number of carbonyl (C=O) groups is 5. The Morgan fingerprint density at radius 1 is 0.750 bits per heavy atom. The molecule has 4 heterocycles. The summed E-state index contributed by atoms with van der Waals surface area (Å²) in [5.41, 5.74) is -9.20. The Morgan fingerprint density at radius 2 is 1.25 bits per heavy atom. The molecule has 0 spiro atoms. The standard InChI is InChI=1S/C40H49NO11/c1-20-19-23(42)41(28(43)33(2,3)4)25-21(20)13-14-22-24(25)26(48-31(46)39-17-15-37(11,29(44)51-39)35(39,7)8)27(34(5,6)50-22)49-32(47)40-18-16-38(12,30(45)52-40)36(40,9)10/h13-14,19,26-27H,15-18H2,1-12H3/t26-,27-,37?,38?,39?,40?/m1/s1. The molecule has 12 nitrogen and oxygen atoms in total. The molecule has 4 unspecified atom stereocenters. The summed E-state index contributed by atoms with van der Waals surface area (Å²) in [6, 6.07) is 4.78. The second-order valence-corrected chi connectivity index (χ2v) is 18.6. The summed E-state index contributed by atoms with van der Waals surface area (Å²) in [7, 11) is 0. The number of carbonyl (C=O) groups excluding carboxylic acids is 5. The van der Waals surface area contributed by atoms with E-state index in [0.29, 0.717) is 23.8 Å². The van der Waals surface area contributed by atoms with Crippen molar-refractivity contribution >= 4 is 40.7 Å². The number of nitrogens with zero attached hydrogens (tertiary/aromatic N) is 1. The lowest BCUT2D eigenvalue weighted by Crippen LogP contribution is -2.58. The first-order chi connectivity index (χ1) is 23.7. The van der Waals surface area contributed by atoms with Gasteiger partial charge in [-0.3, -0.25) is 19.2 Å². The number of hydrogen-bond donors (Lipinski definition) is 0. The number of fused-ring (bicyclic) bond motifs is 7. The Bertz CT molecular complexity index is 2080. The van der Waals surface area contributed by atoms with E-state index in [1.807, 2.05) is 0 Å². The lowest BCUT2D eigenvalue weighted by molar-refractivity contribution is -0.217. The molecule has 0 N–H and O–H groups in total. The number of pyridine rings is 1. The predicted octanol–water partition coefficient (Wildman–Crippen LogP) is 5.91. The molecule has 0 amide bonds. The fourth-order valence-electron chi connectivity index (χ4n) is 9.49. The first-order valence-corrected chi connectivity index (χ1v) is 18.1. The number of aromatic nitrogens is 1. The lowest BCUT2D eigenvalue weighted by atomic mass is 9.66. The largest absolute Gasteiger partial charge is 0.483 e. The lowest BCUT2D eigenvalue weighted by Gasteiger charge is -2.46. The maximum atomic E-state index is 14.8.